The molecule has 1 amide bonds. The third-order valence-electron chi connectivity index (χ3n) is 3.53. The molecule has 1 aliphatic heterocycles. The summed E-state index contributed by atoms with van der Waals surface area (Å²) in [6.45, 7) is 3.80. The number of benzene rings is 1. The first kappa shape index (κ1) is 14.8. The van der Waals surface area contributed by atoms with E-state index in [1.54, 1.807) is 24.1 Å². The Morgan fingerprint density at radius 3 is 2.85 bits per heavy atom. The van der Waals surface area contributed by atoms with Gasteiger partial charge in [-0.3, -0.25) is 4.79 Å². The number of carbonyl (C=O) groups is 1. The smallest absolute Gasteiger partial charge is 0.260 e. The molecular weight excluding hydrogens is 259 g/mol. The lowest BCUT2D eigenvalue weighted by Crippen LogP contribution is -2.37. The van der Waals surface area contributed by atoms with Crippen LogP contribution in [0.2, 0.25) is 0 Å². The summed E-state index contributed by atoms with van der Waals surface area (Å²) < 4.78 is 18.3. The van der Waals surface area contributed by atoms with Crippen molar-refractivity contribution in [2.75, 3.05) is 39.8 Å². The number of carbonyl (C=O) groups excluding carboxylic acids is 1. The summed E-state index contributed by atoms with van der Waals surface area (Å²) in [7, 11) is 1.77. The van der Waals surface area contributed by atoms with Gasteiger partial charge >= 0.3 is 0 Å². The third kappa shape index (κ3) is 4.49. The van der Waals surface area contributed by atoms with Gasteiger partial charge in [-0.05, 0) is 38.1 Å². The lowest BCUT2D eigenvalue weighted by atomic mass is 10.3. The van der Waals surface area contributed by atoms with Gasteiger partial charge in [0, 0.05) is 26.2 Å². The molecule has 0 bridgehead atoms. The molecule has 5 heteroatoms. The highest BCUT2D eigenvalue weighted by molar-refractivity contribution is 5.77. The van der Waals surface area contributed by atoms with Gasteiger partial charge in [0.1, 0.15) is 11.6 Å². The van der Waals surface area contributed by atoms with Gasteiger partial charge in [0.05, 0.1) is 0 Å². The fourth-order valence-electron chi connectivity index (χ4n) is 2.23. The zero-order valence-corrected chi connectivity index (χ0v) is 11.8. The van der Waals surface area contributed by atoms with Crippen molar-refractivity contribution in [3.63, 3.8) is 0 Å². The molecule has 1 heterocycles. The Bertz CT molecular complexity index is 447. The fourth-order valence-corrected chi connectivity index (χ4v) is 2.23. The summed E-state index contributed by atoms with van der Waals surface area (Å²) in [6, 6.07) is 5.82. The van der Waals surface area contributed by atoms with E-state index in [4.69, 9.17) is 4.74 Å². The van der Waals surface area contributed by atoms with Crippen LogP contribution in [-0.4, -0.2) is 55.5 Å². The monoisotopic (exact) mass is 280 g/mol. The molecule has 0 radical (unpaired) electrons. The number of likely N-dealkylation sites (N-methyl/N-ethyl adjacent to an activating group) is 1. The van der Waals surface area contributed by atoms with Gasteiger partial charge in [0.25, 0.3) is 5.91 Å². The zero-order valence-electron chi connectivity index (χ0n) is 11.8. The Labute approximate surface area is 119 Å². The maximum atomic E-state index is 13.0. The van der Waals surface area contributed by atoms with Crippen molar-refractivity contribution in [1.29, 1.82) is 0 Å². The Morgan fingerprint density at radius 1 is 1.40 bits per heavy atom. The minimum Gasteiger partial charge on any atom is -0.484 e. The zero-order chi connectivity index (χ0) is 14.4. The number of halogens is 1. The summed E-state index contributed by atoms with van der Waals surface area (Å²) >= 11 is 0. The lowest BCUT2D eigenvalue weighted by molar-refractivity contribution is -0.132. The van der Waals surface area contributed by atoms with Crippen molar-refractivity contribution in [2.24, 2.45) is 0 Å². The molecule has 0 unspecified atom stereocenters. The molecule has 1 aromatic carbocycles. The SMILES string of the molecule is CN(CCN1CCCC1)C(=O)COc1cccc(F)c1. The minimum atomic E-state index is -0.364. The highest BCUT2D eigenvalue weighted by Crippen LogP contribution is 2.12. The standard InChI is InChI=1S/C15H21FN2O2/c1-17(9-10-18-7-2-3-8-18)15(19)12-20-14-6-4-5-13(16)11-14/h4-6,11H,2-3,7-10,12H2,1H3. The van der Waals surface area contributed by atoms with Crippen LogP contribution in [0.15, 0.2) is 24.3 Å². The number of hydrogen-bond acceptors (Lipinski definition) is 3. The van der Waals surface area contributed by atoms with Gasteiger partial charge in [-0.15, -0.1) is 0 Å². The molecule has 0 aromatic heterocycles. The second-order valence-electron chi connectivity index (χ2n) is 5.11. The molecule has 20 heavy (non-hydrogen) atoms. The largest absolute Gasteiger partial charge is 0.484 e. The van der Waals surface area contributed by atoms with E-state index in [0.717, 1.165) is 19.6 Å². The molecule has 1 aliphatic rings. The molecule has 0 spiro atoms. The van der Waals surface area contributed by atoms with Gasteiger partial charge in [0.2, 0.25) is 0 Å². The van der Waals surface area contributed by atoms with Crippen LogP contribution in [0.1, 0.15) is 12.8 Å². The molecule has 0 saturated carbocycles. The van der Waals surface area contributed by atoms with Crippen LogP contribution in [0.5, 0.6) is 5.75 Å². The molecule has 0 atom stereocenters. The quantitative estimate of drug-likeness (QED) is 0.796. The highest BCUT2D eigenvalue weighted by Gasteiger charge is 2.14. The number of likely N-dealkylation sites (tertiary alicyclic amines) is 1. The molecule has 1 fully saturated rings. The van der Waals surface area contributed by atoms with Crippen LogP contribution < -0.4 is 4.74 Å². The normalized spacial score (nSPS) is 15.3. The Morgan fingerprint density at radius 2 is 2.15 bits per heavy atom. The first-order valence-corrected chi connectivity index (χ1v) is 7.00. The second-order valence-corrected chi connectivity index (χ2v) is 5.11. The van der Waals surface area contributed by atoms with E-state index in [0.29, 0.717) is 12.3 Å². The van der Waals surface area contributed by atoms with E-state index in [2.05, 4.69) is 4.90 Å². The molecular formula is C15H21FN2O2. The number of ether oxygens (including phenoxy) is 1. The van der Waals surface area contributed by atoms with Gasteiger partial charge in [0.15, 0.2) is 6.61 Å². The van der Waals surface area contributed by atoms with Crippen molar-refractivity contribution in [1.82, 2.24) is 9.80 Å². The van der Waals surface area contributed by atoms with E-state index >= 15 is 0 Å². The van der Waals surface area contributed by atoms with Crippen molar-refractivity contribution in [3.05, 3.63) is 30.1 Å². The number of amides is 1. The molecule has 1 saturated heterocycles. The van der Waals surface area contributed by atoms with Crippen LogP contribution in [0.4, 0.5) is 4.39 Å². The Hall–Kier alpha value is -1.62. The van der Waals surface area contributed by atoms with Crippen LogP contribution in [0, 0.1) is 5.82 Å². The third-order valence-corrected chi connectivity index (χ3v) is 3.53. The maximum absolute atomic E-state index is 13.0. The predicted molar refractivity (Wildman–Crippen MR) is 75.2 cm³/mol. The highest BCUT2D eigenvalue weighted by atomic mass is 19.1. The molecule has 4 nitrogen and oxygen atoms in total. The summed E-state index contributed by atoms with van der Waals surface area (Å²) in [4.78, 5) is 15.9. The average molecular weight is 280 g/mol. The fraction of sp³-hybridized carbons (Fsp3) is 0.533. The van der Waals surface area contributed by atoms with Crippen molar-refractivity contribution >= 4 is 5.91 Å². The van der Waals surface area contributed by atoms with E-state index in [9.17, 15) is 9.18 Å². The van der Waals surface area contributed by atoms with Gasteiger partial charge < -0.3 is 14.5 Å². The number of hydrogen-bond donors (Lipinski definition) is 0. The van der Waals surface area contributed by atoms with Gasteiger partial charge in [-0.1, -0.05) is 6.07 Å². The van der Waals surface area contributed by atoms with Crippen LogP contribution >= 0.6 is 0 Å². The Kier molecular flexibility index (Phi) is 5.35. The molecule has 1 aromatic rings. The minimum absolute atomic E-state index is 0.0556. The van der Waals surface area contributed by atoms with Crippen LogP contribution in [0.25, 0.3) is 0 Å². The van der Waals surface area contributed by atoms with Crippen LogP contribution in [-0.2, 0) is 4.79 Å². The predicted octanol–water partition coefficient (Wildman–Crippen LogP) is 1.76. The number of nitrogens with zero attached hydrogens (tertiary/aromatic N) is 2. The van der Waals surface area contributed by atoms with Crippen molar-refractivity contribution in [3.8, 4) is 5.75 Å². The first-order valence-electron chi connectivity index (χ1n) is 7.00. The summed E-state index contributed by atoms with van der Waals surface area (Å²) in [5.41, 5.74) is 0. The first-order chi connectivity index (χ1) is 9.65. The van der Waals surface area contributed by atoms with Crippen LogP contribution in [0.3, 0.4) is 0 Å². The average Bonchev–Trinajstić information content (AvgIpc) is 2.95. The van der Waals surface area contributed by atoms with E-state index in [1.807, 2.05) is 0 Å². The topological polar surface area (TPSA) is 32.8 Å². The van der Waals surface area contributed by atoms with Gasteiger partial charge in [-0.2, -0.15) is 0 Å². The second kappa shape index (κ2) is 7.24. The van der Waals surface area contributed by atoms with E-state index in [-0.39, 0.29) is 18.3 Å². The number of rotatable bonds is 6. The van der Waals surface area contributed by atoms with Gasteiger partial charge in [-0.25, -0.2) is 4.39 Å². The molecule has 0 aliphatic carbocycles. The Balaban J connectivity index is 1.70. The van der Waals surface area contributed by atoms with Crippen molar-refractivity contribution in [2.45, 2.75) is 12.8 Å². The lowest BCUT2D eigenvalue weighted by Gasteiger charge is -2.21. The molecule has 2 rings (SSSR count). The summed E-state index contributed by atoms with van der Waals surface area (Å²) in [5.74, 6) is -0.0721. The van der Waals surface area contributed by atoms with Crippen molar-refractivity contribution < 1.29 is 13.9 Å². The van der Waals surface area contributed by atoms with E-state index in [1.165, 1.54) is 25.0 Å². The molecule has 110 valence electrons. The maximum Gasteiger partial charge on any atom is 0.260 e. The van der Waals surface area contributed by atoms with E-state index < -0.39 is 0 Å². The summed E-state index contributed by atoms with van der Waals surface area (Å²) in [5, 5.41) is 0. The molecule has 0 N–H and O–H groups in total. The summed E-state index contributed by atoms with van der Waals surface area (Å²) in [6.07, 6.45) is 2.50.